The molecule has 0 aromatic heterocycles. The maximum atomic E-state index is 13.4. The van der Waals surface area contributed by atoms with Crippen molar-refractivity contribution in [3.8, 4) is 0 Å². The summed E-state index contributed by atoms with van der Waals surface area (Å²) < 4.78 is 26.4. The number of nitrogens with one attached hydrogen (secondary N) is 2. The molecular weight excluding hydrogens is 274 g/mol. The third kappa shape index (κ3) is 4.02. The number of carbonyl (C=O) groups is 1. The Bertz CT molecular complexity index is 644. The fourth-order valence-electron chi connectivity index (χ4n) is 1.96. The van der Waals surface area contributed by atoms with Crippen LogP contribution in [-0.2, 0) is 11.2 Å². The second kappa shape index (κ2) is 6.83. The normalized spacial score (nSPS) is 10.2. The Kier molecular flexibility index (Phi) is 4.87. The van der Waals surface area contributed by atoms with Gasteiger partial charge in [0.15, 0.2) is 0 Å². The zero-order chi connectivity index (χ0) is 15.2. The first-order chi connectivity index (χ1) is 10.1. The maximum absolute atomic E-state index is 13.4. The molecule has 3 nitrogen and oxygen atoms in total. The van der Waals surface area contributed by atoms with Gasteiger partial charge in [0.05, 0.1) is 12.2 Å². The summed E-state index contributed by atoms with van der Waals surface area (Å²) in [6.07, 6.45) is 0.837. The van der Waals surface area contributed by atoms with Crippen LogP contribution in [0, 0.1) is 11.6 Å². The van der Waals surface area contributed by atoms with E-state index in [0.717, 1.165) is 35.9 Å². The number of hydrogen-bond acceptors (Lipinski definition) is 2. The minimum Gasteiger partial charge on any atom is -0.376 e. The van der Waals surface area contributed by atoms with Crippen molar-refractivity contribution in [1.29, 1.82) is 0 Å². The summed E-state index contributed by atoms with van der Waals surface area (Å²) in [4.78, 5) is 11.8. The van der Waals surface area contributed by atoms with Crippen molar-refractivity contribution in [2.24, 2.45) is 0 Å². The molecule has 0 saturated heterocycles. The van der Waals surface area contributed by atoms with E-state index in [1.165, 1.54) is 0 Å². The van der Waals surface area contributed by atoms with Crippen LogP contribution in [0.15, 0.2) is 42.5 Å². The molecule has 1 amide bonds. The summed E-state index contributed by atoms with van der Waals surface area (Å²) in [7, 11) is 0. The van der Waals surface area contributed by atoms with E-state index in [2.05, 4.69) is 10.6 Å². The highest BCUT2D eigenvalue weighted by Crippen LogP contribution is 2.16. The Hall–Kier alpha value is -2.43. The van der Waals surface area contributed by atoms with Crippen molar-refractivity contribution in [3.63, 3.8) is 0 Å². The fraction of sp³-hybridized carbons (Fsp3) is 0.188. The summed E-state index contributed by atoms with van der Waals surface area (Å²) in [5.74, 6) is -1.71. The van der Waals surface area contributed by atoms with Crippen LogP contribution in [0.25, 0.3) is 0 Å². The van der Waals surface area contributed by atoms with E-state index in [1.54, 1.807) is 0 Å². The number of benzene rings is 2. The van der Waals surface area contributed by atoms with Crippen LogP contribution in [0.3, 0.4) is 0 Å². The summed E-state index contributed by atoms with van der Waals surface area (Å²) in [5.41, 5.74) is 1.78. The minimum atomic E-state index is -0.668. The van der Waals surface area contributed by atoms with Gasteiger partial charge in [0.2, 0.25) is 5.91 Å². The molecule has 2 rings (SSSR count). The van der Waals surface area contributed by atoms with Crippen LogP contribution in [0.1, 0.15) is 12.5 Å². The lowest BCUT2D eigenvalue weighted by molar-refractivity contribution is -0.114. The average Bonchev–Trinajstić information content (AvgIpc) is 2.49. The molecule has 110 valence electrons. The Balaban J connectivity index is 1.97. The molecule has 0 saturated carbocycles. The molecule has 0 fully saturated rings. The molecule has 0 bridgehead atoms. The van der Waals surface area contributed by atoms with Crippen LogP contribution in [0.4, 0.5) is 20.2 Å². The number of para-hydroxylation sites is 1. The van der Waals surface area contributed by atoms with E-state index in [0.29, 0.717) is 0 Å². The van der Waals surface area contributed by atoms with Gasteiger partial charge < -0.3 is 10.6 Å². The Morgan fingerprint density at radius 1 is 1.10 bits per heavy atom. The van der Waals surface area contributed by atoms with E-state index in [9.17, 15) is 13.6 Å². The highest BCUT2D eigenvalue weighted by molar-refractivity contribution is 5.93. The van der Waals surface area contributed by atoms with Crippen molar-refractivity contribution in [3.05, 3.63) is 59.7 Å². The predicted molar refractivity (Wildman–Crippen MR) is 79.3 cm³/mol. The van der Waals surface area contributed by atoms with Crippen molar-refractivity contribution in [2.75, 3.05) is 17.2 Å². The van der Waals surface area contributed by atoms with Gasteiger partial charge in [-0.1, -0.05) is 25.1 Å². The van der Waals surface area contributed by atoms with Crippen molar-refractivity contribution in [1.82, 2.24) is 0 Å². The Labute approximate surface area is 122 Å². The lowest BCUT2D eigenvalue weighted by atomic mass is 10.1. The highest BCUT2D eigenvalue weighted by Gasteiger charge is 2.08. The molecule has 0 atom stereocenters. The fourth-order valence-corrected chi connectivity index (χ4v) is 1.96. The number of halogens is 2. The lowest BCUT2D eigenvalue weighted by Gasteiger charge is -2.11. The third-order valence-corrected chi connectivity index (χ3v) is 3.04. The molecular formula is C16H16F2N2O. The Morgan fingerprint density at radius 3 is 2.62 bits per heavy atom. The maximum Gasteiger partial charge on any atom is 0.243 e. The topological polar surface area (TPSA) is 41.1 Å². The van der Waals surface area contributed by atoms with Crippen molar-refractivity contribution in [2.45, 2.75) is 13.3 Å². The monoisotopic (exact) mass is 290 g/mol. The molecule has 0 heterocycles. The van der Waals surface area contributed by atoms with E-state index in [-0.39, 0.29) is 12.2 Å². The number of aryl methyl sites for hydroxylation is 1. The third-order valence-electron chi connectivity index (χ3n) is 3.04. The van der Waals surface area contributed by atoms with Crippen LogP contribution in [0.2, 0.25) is 0 Å². The smallest absolute Gasteiger partial charge is 0.243 e. The lowest BCUT2D eigenvalue weighted by Crippen LogP contribution is -2.22. The first-order valence-corrected chi connectivity index (χ1v) is 6.67. The Morgan fingerprint density at radius 2 is 1.86 bits per heavy atom. The first kappa shape index (κ1) is 15.0. The molecule has 0 radical (unpaired) electrons. The van der Waals surface area contributed by atoms with Crippen molar-refractivity contribution >= 4 is 17.3 Å². The van der Waals surface area contributed by atoms with Gasteiger partial charge in [-0.2, -0.15) is 0 Å². The summed E-state index contributed by atoms with van der Waals surface area (Å²) in [6.45, 7) is 2.00. The molecule has 0 unspecified atom stereocenters. The zero-order valence-corrected chi connectivity index (χ0v) is 11.6. The molecule has 0 spiro atoms. The summed E-state index contributed by atoms with van der Waals surface area (Å²) in [5, 5.41) is 5.33. The van der Waals surface area contributed by atoms with Crippen molar-refractivity contribution < 1.29 is 13.6 Å². The van der Waals surface area contributed by atoms with Gasteiger partial charge in [0.25, 0.3) is 0 Å². The molecule has 2 aromatic rings. The average molecular weight is 290 g/mol. The van der Waals surface area contributed by atoms with E-state index in [1.807, 2.05) is 31.2 Å². The highest BCUT2D eigenvalue weighted by atomic mass is 19.1. The molecule has 5 heteroatoms. The minimum absolute atomic E-state index is 0.0209. The second-order valence-electron chi connectivity index (χ2n) is 4.54. The SMILES string of the molecule is CCc1ccccc1NCC(=O)Nc1cc(F)ccc1F. The first-order valence-electron chi connectivity index (χ1n) is 6.67. The molecule has 0 aliphatic heterocycles. The second-order valence-corrected chi connectivity index (χ2v) is 4.54. The van der Waals surface area contributed by atoms with E-state index in [4.69, 9.17) is 0 Å². The van der Waals surface area contributed by atoms with Gasteiger partial charge in [-0.25, -0.2) is 8.78 Å². The van der Waals surface area contributed by atoms with Crippen LogP contribution >= 0.6 is 0 Å². The molecule has 21 heavy (non-hydrogen) atoms. The number of carbonyl (C=O) groups excluding carboxylic acids is 1. The predicted octanol–water partition coefficient (Wildman–Crippen LogP) is 3.58. The summed E-state index contributed by atoms with van der Waals surface area (Å²) >= 11 is 0. The number of rotatable bonds is 5. The van der Waals surface area contributed by atoms with Gasteiger partial charge in [-0.15, -0.1) is 0 Å². The number of amides is 1. The van der Waals surface area contributed by atoms with Gasteiger partial charge >= 0.3 is 0 Å². The molecule has 2 N–H and O–H groups in total. The van der Waals surface area contributed by atoms with Gasteiger partial charge in [-0.3, -0.25) is 4.79 Å². The van der Waals surface area contributed by atoms with E-state index >= 15 is 0 Å². The zero-order valence-electron chi connectivity index (χ0n) is 11.6. The van der Waals surface area contributed by atoms with Crippen LogP contribution in [-0.4, -0.2) is 12.5 Å². The van der Waals surface area contributed by atoms with Crippen LogP contribution in [0.5, 0.6) is 0 Å². The van der Waals surface area contributed by atoms with Gasteiger partial charge in [0.1, 0.15) is 11.6 Å². The van der Waals surface area contributed by atoms with Gasteiger partial charge in [0, 0.05) is 11.8 Å². The molecule has 0 aliphatic rings. The van der Waals surface area contributed by atoms with Crippen LogP contribution < -0.4 is 10.6 Å². The molecule has 0 aliphatic carbocycles. The quantitative estimate of drug-likeness (QED) is 0.883. The summed E-state index contributed by atoms with van der Waals surface area (Å²) in [6, 6.07) is 10.6. The standard InChI is InChI=1S/C16H16F2N2O/c1-2-11-5-3-4-6-14(11)19-10-16(21)20-15-9-12(17)7-8-13(15)18/h3-9,19H,2,10H2,1H3,(H,20,21). The van der Waals surface area contributed by atoms with E-state index < -0.39 is 17.5 Å². The van der Waals surface area contributed by atoms with Gasteiger partial charge in [-0.05, 0) is 30.2 Å². The largest absolute Gasteiger partial charge is 0.376 e. The number of hydrogen-bond donors (Lipinski definition) is 2. The molecule has 2 aromatic carbocycles. The number of anilines is 2.